The van der Waals surface area contributed by atoms with Crippen molar-refractivity contribution in [3.05, 3.63) is 67.0 Å². The van der Waals surface area contributed by atoms with E-state index in [0.717, 1.165) is 12.1 Å². The Labute approximate surface area is 172 Å². The minimum absolute atomic E-state index is 0.0133. The van der Waals surface area contributed by atoms with Gasteiger partial charge in [-0.25, -0.2) is 0 Å². The summed E-state index contributed by atoms with van der Waals surface area (Å²) in [6.45, 7) is -0.151. The standard InChI is InChI=1S/C19H13FN2O9/c20-17-11(21(25)26)1-7(2-12(17)22(27)28)15-8-3-13-14(31-6-30-13)4-9(8)18(23)10-5-29-19(24)16(10)15/h1-4,10,15-16,18,23H,5-6H2/t10-,15+,16-,18-/m0/s1. The predicted octanol–water partition coefficient (Wildman–Crippen LogP) is 2.34. The Bertz CT molecular complexity index is 1130. The molecule has 0 radical (unpaired) electrons. The second kappa shape index (κ2) is 6.60. The van der Waals surface area contributed by atoms with Crippen LogP contribution in [0.1, 0.15) is 28.7 Å². The molecule has 2 heterocycles. The Hall–Kier alpha value is -3.80. The first-order valence-electron chi connectivity index (χ1n) is 9.18. The molecule has 160 valence electrons. The lowest BCUT2D eigenvalue weighted by molar-refractivity contribution is -0.399. The van der Waals surface area contributed by atoms with Gasteiger partial charge in [0.25, 0.3) is 5.82 Å². The highest BCUT2D eigenvalue weighted by Crippen LogP contribution is 2.54. The molecule has 5 rings (SSSR count). The van der Waals surface area contributed by atoms with Gasteiger partial charge in [-0.3, -0.25) is 25.0 Å². The summed E-state index contributed by atoms with van der Waals surface area (Å²) in [5.41, 5.74) is -1.43. The molecular formula is C19H13FN2O9. The molecule has 0 spiro atoms. The van der Waals surface area contributed by atoms with Crippen molar-refractivity contribution >= 4 is 17.3 Å². The van der Waals surface area contributed by atoms with Gasteiger partial charge in [0.15, 0.2) is 11.5 Å². The number of aliphatic hydroxyl groups is 1. The van der Waals surface area contributed by atoms with Crippen molar-refractivity contribution in [2.45, 2.75) is 12.0 Å². The number of benzene rings is 2. The van der Waals surface area contributed by atoms with Crippen LogP contribution in [0.25, 0.3) is 0 Å². The number of hydrogen-bond donors (Lipinski definition) is 1. The maximum Gasteiger partial charge on any atom is 0.312 e. The zero-order valence-corrected chi connectivity index (χ0v) is 15.5. The summed E-state index contributed by atoms with van der Waals surface area (Å²) < 4.78 is 30.2. The van der Waals surface area contributed by atoms with E-state index < -0.39 is 56.9 Å². The molecule has 0 aromatic heterocycles. The Balaban J connectivity index is 1.78. The van der Waals surface area contributed by atoms with Crippen LogP contribution in [0.4, 0.5) is 15.8 Å². The van der Waals surface area contributed by atoms with Gasteiger partial charge in [-0.2, -0.15) is 4.39 Å². The van der Waals surface area contributed by atoms with Crippen molar-refractivity contribution in [1.82, 2.24) is 0 Å². The molecule has 31 heavy (non-hydrogen) atoms. The van der Waals surface area contributed by atoms with Crippen LogP contribution in [0.5, 0.6) is 11.5 Å². The van der Waals surface area contributed by atoms with Crippen LogP contribution in [0.3, 0.4) is 0 Å². The van der Waals surface area contributed by atoms with E-state index in [-0.39, 0.29) is 19.0 Å². The van der Waals surface area contributed by atoms with Crippen molar-refractivity contribution in [3.63, 3.8) is 0 Å². The van der Waals surface area contributed by atoms with E-state index in [4.69, 9.17) is 14.2 Å². The first kappa shape index (κ1) is 19.2. The number of cyclic esters (lactones) is 1. The second-order valence-corrected chi connectivity index (χ2v) is 7.46. The minimum atomic E-state index is -1.58. The van der Waals surface area contributed by atoms with Gasteiger partial charge in [0.05, 0.1) is 28.5 Å². The first-order valence-corrected chi connectivity index (χ1v) is 9.18. The van der Waals surface area contributed by atoms with E-state index in [1.54, 1.807) is 6.07 Å². The number of halogens is 1. The van der Waals surface area contributed by atoms with Crippen molar-refractivity contribution in [2.75, 3.05) is 13.4 Å². The van der Waals surface area contributed by atoms with Gasteiger partial charge in [0, 0.05) is 24.0 Å². The number of aliphatic hydroxyl groups excluding tert-OH is 1. The fourth-order valence-electron chi connectivity index (χ4n) is 4.59. The Kier molecular flexibility index (Phi) is 4.09. The third-order valence-corrected chi connectivity index (χ3v) is 5.96. The lowest BCUT2D eigenvalue weighted by atomic mass is 9.66. The van der Waals surface area contributed by atoms with E-state index >= 15 is 0 Å². The predicted molar refractivity (Wildman–Crippen MR) is 97.0 cm³/mol. The summed E-state index contributed by atoms with van der Waals surface area (Å²) in [5, 5.41) is 33.6. The topological polar surface area (TPSA) is 151 Å². The summed E-state index contributed by atoms with van der Waals surface area (Å²) in [7, 11) is 0. The molecule has 0 unspecified atom stereocenters. The van der Waals surface area contributed by atoms with E-state index in [1.807, 2.05) is 0 Å². The minimum Gasteiger partial charge on any atom is -0.465 e. The molecule has 11 nitrogen and oxygen atoms in total. The first-order chi connectivity index (χ1) is 14.8. The van der Waals surface area contributed by atoms with Crippen LogP contribution in [-0.2, 0) is 9.53 Å². The molecule has 2 aromatic rings. The number of carbonyl (C=O) groups excluding carboxylic acids is 1. The molecular weight excluding hydrogens is 419 g/mol. The highest BCUT2D eigenvalue weighted by atomic mass is 19.1. The maximum absolute atomic E-state index is 14.4. The highest BCUT2D eigenvalue weighted by molar-refractivity contribution is 5.79. The van der Waals surface area contributed by atoms with Crippen molar-refractivity contribution < 1.29 is 38.3 Å². The number of rotatable bonds is 3. The lowest BCUT2D eigenvalue weighted by Crippen LogP contribution is -2.34. The lowest BCUT2D eigenvalue weighted by Gasteiger charge is -2.36. The summed E-state index contributed by atoms with van der Waals surface area (Å²) in [4.78, 5) is 33.1. The third-order valence-electron chi connectivity index (χ3n) is 5.96. The van der Waals surface area contributed by atoms with Gasteiger partial charge in [-0.15, -0.1) is 0 Å². The summed E-state index contributed by atoms with van der Waals surface area (Å²) in [5.74, 6) is -4.19. The molecule has 1 aliphatic carbocycles. The largest absolute Gasteiger partial charge is 0.465 e. The zero-order valence-electron chi connectivity index (χ0n) is 15.5. The fraction of sp³-hybridized carbons (Fsp3) is 0.316. The van der Waals surface area contributed by atoms with Crippen molar-refractivity contribution in [1.29, 1.82) is 0 Å². The molecule has 2 aromatic carbocycles. The van der Waals surface area contributed by atoms with Gasteiger partial charge in [-0.1, -0.05) is 0 Å². The number of carbonyl (C=O) groups is 1. The van der Waals surface area contributed by atoms with Gasteiger partial charge in [0.2, 0.25) is 6.79 Å². The quantitative estimate of drug-likeness (QED) is 0.438. The monoisotopic (exact) mass is 432 g/mol. The molecule has 1 N–H and O–H groups in total. The third kappa shape index (κ3) is 2.71. The van der Waals surface area contributed by atoms with Crippen LogP contribution in [-0.4, -0.2) is 34.3 Å². The number of nitro benzene ring substituents is 2. The summed E-state index contributed by atoms with van der Waals surface area (Å²) in [6.07, 6.45) is -1.11. The molecule has 2 aliphatic heterocycles. The average Bonchev–Trinajstić information content (AvgIpc) is 3.34. The van der Waals surface area contributed by atoms with E-state index in [2.05, 4.69) is 0 Å². The van der Waals surface area contributed by atoms with Crippen LogP contribution in [0.15, 0.2) is 24.3 Å². The number of nitrogens with zero attached hydrogens (tertiary/aromatic N) is 2. The molecule has 3 aliphatic rings. The molecule has 1 saturated heterocycles. The van der Waals surface area contributed by atoms with Crippen LogP contribution in [0, 0.1) is 37.9 Å². The number of fused-ring (bicyclic) bond motifs is 3. The summed E-state index contributed by atoms with van der Waals surface area (Å²) >= 11 is 0. The van der Waals surface area contributed by atoms with Gasteiger partial charge in [0.1, 0.15) is 0 Å². The zero-order chi connectivity index (χ0) is 22.0. The summed E-state index contributed by atoms with van der Waals surface area (Å²) in [6, 6.07) is 4.82. The fourth-order valence-corrected chi connectivity index (χ4v) is 4.59. The van der Waals surface area contributed by atoms with Gasteiger partial charge < -0.3 is 19.3 Å². The Morgan fingerprint density at radius 2 is 1.55 bits per heavy atom. The van der Waals surface area contributed by atoms with Gasteiger partial charge in [-0.05, 0) is 28.8 Å². The average molecular weight is 432 g/mol. The number of hydrogen-bond acceptors (Lipinski definition) is 9. The molecule has 4 atom stereocenters. The van der Waals surface area contributed by atoms with Crippen LogP contribution < -0.4 is 9.47 Å². The van der Waals surface area contributed by atoms with Crippen molar-refractivity contribution in [2.24, 2.45) is 11.8 Å². The second-order valence-electron chi connectivity index (χ2n) is 7.46. The van der Waals surface area contributed by atoms with Crippen LogP contribution in [0.2, 0.25) is 0 Å². The maximum atomic E-state index is 14.4. The van der Waals surface area contributed by atoms with E-state index in [0.29, 0.717) is 22.6 Å². The number of ether oxygens (including phenoxy) is 3. The molecule has 0 saturated carbocycles. The van der Waals surface area contributed by atoms with E-state index in [1.165, 1.54) is 6.07 Å². The van der Waals surface area contributed by atoms with Gasteiger partial charge >= 0.3 is 17.3 Å². The van der Waals surface area contributed by atoms with E-state index in [9.17, 15) is 34.5 Å². The Morgan fingerprint density at radius 3 is 2.13 bits per heavy atom. The molecule has 12 heteroatoms. The SMILES string of the molecule is O=C1OC[C@H]2[C@H]1[C@H](c1cc([N+](=O)[O-])c(F)c([N+](=O)[O-])c1)c1cc3c(cc1[C@@H]2O)OCO3. The molecule has 0 amide bonds. The molecule has 1 fully saturated rings. The Morgan fingerprint density at radius 1 is 0.968 bits per heavy atom. The number of esters is 1. The number of nitro groups is 2. The van der Waals surface area contributed by atoms with Crippen LogP contribution >= 0.6 is 0 Å². The normalized spacial score (nSPS) is 25.5. The smallest absolute Gasteiger partial charge is 0.312 e. The highest BCUT2D eigenvalue weighted by Gasteiger charge is 2.52. The molecule has 0 bridgehead atoms. The van der Waals surface area contributed by atoms with Crippen molar-refractivity contribution in [3.8, 4) is 11.5 Å².